The van der Waals surface area contributed by atoms with Gasteiger partial charge in [0.15, 0.2) is 18.9 Å². The van der Waals surface area contributed by atoms with Crippen LogP contribution < -0.4 is 0 Å². The van der Waals surface area contributed by atoms with Crippen LogP contribution in [0.2, 0.25) is 0 Å². The summed E-state index contributed by atoms with van der Waals surface area (Å²) in [7, 11) is 0. The Hall–Kier alpha value is -1.59. The number of fused-ring (bicyclic) bond motifs is 7. The molecule has 0 aromatic heterocycles. The third kappa shape index (κ3) is 9.16. The van der Waals surface area contributed by atoms with Crippen molar-refractivity contribution >= 4 is 5.97 Å². The first-order valence-electron chi connectivity index (χ1n) is 26.8. The van der Waals surface area contributed by atoms with E-state index in [0.29, 0.717) is 44.9 Å². The zero-order valence-corrected chi connectivity index (χ0v) is 43.4. The maximum Gasteiger partial charge on any atom is 0.315 e. The van der Waals surface area contributed by atoms with E-state index in [4.69, 9.17) is 37.9 Å². The topological polar surface area (TPSA) is 354 Å². The molecule has 424 valence electrons. The fraction of sp³-hybridized carbons (Fsp3) is 0.942. The summed E-state index contributed by atoms with van der Waals surface area (Å²) >= 11 is 0. The van der Waals surface area contributed by atoms with Gasteiger partial charge < -0.3 is 104 Å². The minimum Gasteiger partial charge on any atom is -0.432 e. The normalized spacial score (nSPS) is 53.1. The molecule has 5 aliphatic carbocycles. The Labute approximate surface area is 431 Å². The molecule has 8 fully saturated rings. The Balaban J connectivity index is 0.980. The average Bonchev–Trinajstić information content (AvgIpc) is 3.36. The summed E-state index contributed by atoms with van der Waals surface area (Å²) in [5, 5.41) is 139. The van der Waals surface area contributed by atoms with E-state index in [9.17, 15) is 71.2 Å². The molecule has 13 N–H and O–H groups in total. The van der Waals surface area contributed by atoms with Crippen LogP contribution in [0.25, 0.3) is 0 Å². The van der Waals surface area contributed by atoms with Crippen LogP contribution in [0.3, 0.4) is 0 Å². The lowest BCUT2D eigenvalue weighted by Crippen LogP contribution is -2.67. The molecule has 74 heavy (non-hydrogen) atoms. The third-order valence-electron chi connectivity index (χ3n) is 20.6. The molecule has 4 aliphatic heterocycles. The molecular formula is C52H84O22. The Morgan fingerprint density at radius 2 is 1.18 bits per heavy atom. The van der Waals surface area contributed by atoms with E-state index in [1.54, 1.807) is 0 Å². The molecule has 0 bridgehead atoms. The predicted molar refractivity (Wildman–Crippen MR) is 252 cm³/mol. The highest BCUT2D eigenvalue weighted by atomic mass is 16.8. The van der Waals surface area contributed by atoms with Gasteiger partial charge in [0.25, 0.3) is 0 Å². The monoisotopic (exact) mass is 1060 g/mol. The first-order valence-corrected chi connectivity index (χ1v) is 26.8. The van der Waals surface area contributed by atoms with Crippen molar-refractivity contribution in [1.29, 1.82) is 0 Å². The van der Waals surface area contributed by atoms with Crippen molar-refractivity contribution in [3.63, 3.8) is 0 Å². The number of hydrogen-bond acceptors (Lipinski definition) is 22. The molecule has 0 radical (unpaired) electrons. The predicted octanol–water partition coefficient (Wildman–Crippen LogP) is -1.78. The van der Waals surface area contributed by atoms with Gasteiger partial charge in [-0.15, -0.1) is 0 Å². The van der Waals surface area contributed by atoms with Crippen LogP contribution in [-0.2, 0) is 42.7 Å². The first kappa shape index (κ1) is 57.1. The van der Waals surface area contributed by atoms with Crippen molar-refractivity contribution in [2.45, 2.75) is 222 Å². The molecule has 22 nitrogen and oxygen atoms in total. The minimum atomic E-state index is -1.84. The second-order valence-electron chi connectivity index (χ2n) is 25.3. The Morgan fingerprint density at radius 3 is 1.82 bits per heavy atom. The molecule has 4 saturated heterocycles. The quantitative estimate of drug-likeness (QED) is 0.0618. The number of hydrogen-bond donors (Lipinski definition) is 13. The maximum atomic E-state index is 14.8. The molecule has 26 atom stereocenters. The highest BCUT2D eigenvalue weighted by Crippen LogP contribution is 2.76. The molecular weight excluding hydrogens is 977 g/mol. The van der Waals surface area contributed by atoms with Gasteiger partial charge in [0.05, 0.1) is 44.6 Å². The average molecular weight is 1060 g/mol. The SMILES string of the molecule is CC1(C)CCC2(C(=O)OC3OC(CO)C(O)C(O)C3O)CCC3(CO)C(=CCC4C5(C)CCC(OC6OCC(O)C(OC7OC(CO)C(O)C(O)C7O)C6OC6OCC(O)C(O)C6O)C(C)(C)C5CCC43C)C2C1. The summed E-state index contributed by atoms with van der Waals surface area (Å²) in [5.41, 5.74) is -2.12. The lowest BCUT2D eigenvalue weighted by atomic mass is 9.33. The molecule has 4 heterocycles. The molecule has 0 spiro atoms. The van der Waals surface area contributed by atoms with Crippen molar-refractivity contribution in [3.05, 3.63) is 11.6 Å². The largest absolute Gasteiger partial charge is 0.432 e. The number of carbonyl (C=O) groups excluding carboxylic acids is 1. The van der Waals surface area contributed by atoms with Crippen molar-refractivity contribution in [2.24, 2.45) is 50.2 Å². The smallest absolute Gasteiger partial charge is 0.315 e. The fourth-order valence-corrected chi connectivity index (χ4v) is 16.1. The number of aliphatic hydroxyl groups is 13. The second kappa shape index (κ2) is 20.8. The van der Waals surface area contributed by atoms with Crippen molar-refractivity contribution in [3.8, 4) is 0 Å². The number of esters is 1. The number of carbonyl (C=O) groups is 1. The Kier molecular flexibility index (Phi) is 16.1. The number of ether oxygens (including phenoxy) is 8. The highest BCUT2D eigenvalue weighted by molar-refractivity contribution is 5.79. The van der Waals surface area contributed by atoms with Gasteiger partial charge in [0.1, 0.15) is 85.5 Å². The lowest BCUT2D eigenvalue weighted by Gasteiger charge is -2.71. The minimum absolute atomic E-state index is 0.0529. The van der Waals surface area contributed by atoms with Crippen LogP contribution in [0.5, 0.6) is 0 Å². The molecule has 0 aromatic rings. The van der Waals surface area contributed by atoms with E-state index in [2.05, 4.69) is 47.6 Å². The highest BCUT2D eigenvalue weighted by Gasteiger charge is 2.71. The zero-order valence-electron chi connectivity index (χ0n) is 43.4. The van der Waals surface area contributed by atoms with Gasteiger partial charge in [-0.3, -0.25) is 4.79 Å². The number of aliphatic hydroxyl groups excluding tert-OH is 13. The third-order valence-corrected chi connectivity index (χ3v) is 20.6. The first-order chi connectivity index (χ1) is 34.7. The van der Waals surface area contributed by atoms with E-state index in [1.807, 2.05) is 0 Å². The van der Waals surface area contributed by atoms with E-state index in [-0.39, 0.29) is 41.8 Å². The molecule has 4 saturated carbocycles. The summed E-state index contributed by atoms with van der Waals surface area (Å²) in [6, 6.07) is 0. The van der Waals surface area contributed by atoms with E-state index in [0.717, 1.165) is 24.8 Å². The summed E-state index contributed by atoms with van der Waals surface area (Å²) < 4.78 is 48.5. The summed E-state index contributed by atoms with van der Waals surface area (Å²) in [4.78, 5) is 14.8. The van der Waals surface area contributed by atoms with Gasteiger partial charge in [0.2, 0.25) is 6.29 Å². The molecule has 9 aliphatic rings. The maximum absolute atomic E-state index is 14.8. The Bertz CT molecular complexity index is 2020. The van der Waals surface area contributed by atoms with Gasteiger partial charge in [-0.2, -0.15) is 0 Å². The second-order valence-corrected chi connectivity index (χ2v) is 25.3. The van der Waals surface area contributed by atoms with Gasteiger partial charge in [-0.25, -0.2) is 0 Å². The standard InChI is InChI=1S/C52H84O22/c1-47(2)13-14-51(46(66)74-44-39(65)36(62)34(60)28(19-54)70-44)15-16-52(22-55)23(24(51)17-47)7-8-30-49(5)11-10-31(48(3,4)29(49)9-12-50(30,52)6)71-45-41(73-42-37(63)32(58)25(56)20-67-42)40(26(57)21-68-45)72-43-38(64)35(61)33(59)27(18-53)69-43/h7,24-45,53-65H,8-22H2,1-6H3. The van der Waals surface area contributed by atoms with E-state index in [1.165, 1.54) is 0 Å². The summed E-state index contributed by atoms with van der Waals surface area (Å²) in [6.45, 7) is 11.0. The van der Waals surface area contributed by atoms with Crippen LogP contribution in [-0.4, -0.2) is 222 Å². The van der Waals surface area contributed by atoms with Crippen LogP contribution in [0, 0.1) is 50.2 Å². The number of allylic oxidation sites excluding steroid dienone is 1. The Morgan fingerprint density at radius 1 is 0.595 bits per heavy atom. The van der Waals surface area contributed by atoms with Gasteiger partial charge >= 0.3 is 5.97 Å². The van der Waals surface area contributed by atoms with E-state index < -0.39 is 164 Å². The van der Waals surface area contributed by atoms with Crippen molar-refractivity contribution < 1.29 is 109 Å². The van der Waals surface area contributed by atoms with Crippen LogP contribution >= 0.6 is 0 Å². The van der Waals surface area contributed by atoms with Crippen molar-refractivity contribution in [2.75, 3.05) is 33.0 Å². The number of rotatable bonds is 11. The summed E-state index contributed by atoms with van der Waals surface area (Å²) in [6.07, 6.45) is -20.6. The fourth-order valence-electron chi connectivity index (χ4n) is 16.1. The van der Waals surface area contributed by atoms with Crippen molar-refractivity contribution in [1.82, 2.24) is 0 Å². The molecule has 9 rings (SSSR count). The van der Waals surface area contributed by atoms with Gasteiger partial charge in [-0.1, -0.05) is 53.2 Å². The lowest BCUT2D eigenvalue weighted by molar-refractivity contribution is -0.384. The van der Waals surface area contributed by atoms with Crippen LogP contribution in [0.15, 0.2) is 11.6 Å². The van der Waals surface area contributed by atoms with Gasteiger partial charge in [-0.05, 0) is 104 Å². The van der Waals surface area contributed by atoms with Crippen LogP contribution in [0.1, 0.15) is 106 Å². The zero-order chi connectivity index (χ0) is 53.8. The van der Waals surface area contributed by atoms with E-state index >= 15 is 0 Å². The van der Waals surface area contributed by atoms with Gasteiger partial charge in [0, 0.05) is 5.41 Å². The molecule has 22 heteroatoms. The molecule has 0 aromatic carbocycles. The molecule has 26 unspecified atom stereocenters. The molecule has 0 amide bonds. The van der Waals surface area contributed by atoms with Crippen LogP contribution in [0.4, 0.5) is 0 Å². The summed E-state index contributed by atoms with van der Waals surface area (Å²) in [5.74, 6) is -0.764.